The van der Waals surface area contributed by atoms with Crippen molar-refractivity contribution < 1.29 is 61.8 Å². The summed E-state index contributed by atoms with van der Waals surface area (Å²) in [6.45, 7) is 12.9. The molecule has 0 spiro atoms. The molecule has 2 aliphatic heterocycles. The van der Waals surface area contributed by atoms with Gasteiger partial charge in [0.1, 0.15) is 20.1 Å². The molecule has 1 aromatic carbocycles. The molecule has 55 heavy (non-hydrogen) atoms. The summed E-state index contributed by atoms with van der Waals surface area (Å²) in [4.78, 5) is 52.8. The third-order valence-corrected chi connectivity index (χ3v) is 10.1. The van der Waals surface area contributed by atoms with Crippen LogP contribution in [0.5, 0.6) is 11.5 Å². The minimum atomic E-state index is -0.989. The van der Waals surface area contributed by atoms with E-state index >= 15 is 0 Å². The van der Waals surface area contributed by atoms with Gasteiger partial charge in [0.15, 0.2) is 11.5 Å². The zero-order valence-corrected chi connectivity index (χ0v) is 33.8. The average Bonchev–Trinajstić information content (AvgIpc) is 3.55. The van der Waals surface area contributed by atoms with Gasteiger partial charge in [0.2, 0.25) is 18.6 Å². The molecule has 0 aromatic heterocycles. The van der Waals surface area contributed by atoms with Crippen LogP contribution in [0.25, 0.3) is 0 Å². The molecule has 0 bridgehead atoms. The second-order valence-corrected chi connectivity index (χ2v) is 15.5. The van der Waals surface area contributed by atoms with E-state index in [1.54, 1.807) is 28.1 Å². The summed E-state index contributed by atoms with van der Waals surface area (Å²) in [7, 11) is 3.25. The van der Waals surface area contributed by atoms with Crippen LogP contribution in [0.2, 0.25) is 0 Å². The number of ether oxygens (including phenoxy) is 9. The summed E-state index contributed by atoms with van der Waals surface area (Å²) >= 11 is 0. The van der Waals surface area contributed by atoms with E-state index in [1.165, 1.54) is 4.90 Å². The summed E-state index contributed by atoms with van der Waals surface area (Å²) in [5, 5.41) is 2.90. The van der Waals surface area contributed by atoms with Crippen molar-refractivity contribution in [3.63, 3.8) is 0 Å². The standard InChI is InChI=1S/C39H63N3O13/c1-25(2)29(14-27-10-11-32(48-8)34(15-27)51-13-9-12-47-7)16-31-33(17-30(26(3)4)35(43)41-21-39(5,6)36(40)44)53-22-42(31)37(45)54-24-55-38(46)52-20-28-18-49-23-50-19-28/h10-11,15,25-26,28-31,33H,9,12-14,16-24H2,1-8H3,(H2,40,44)(H,41,43)/t29-,30-,31-,33-/m0/s1. The van der Waals surface area contributed by atoms with E-state index in [0.29, 0.717) is 57.2 Å². The molecule has 0 radical (unpaired) electrons. The average molecular weight is 782 g/mol. The van der Waals surface area contributed by atoms with Crippen molar-refractivity contribution in [1.29, 1.82) is 0 Å². The lowest BCUT2D eigenvalue weighted by Gasteiger charge is -2.33. The molecule has 0 saturated carbocycles. The molecule has 16 heteroatoms. The maximum atomic E-state index is 13.6. The van der Waals surface area contributed by atoms with Gasteiger partial charge in [0, 0.05) is 38.5 Å². The molecule has 3 amide bonds. The Morgan fingerprint density at radius 1 is 0.964 bits per heavy atom. The third kappa shape index (κ3) is 14.6. The first-order valence-corrected chi connectivity index (χ1v) is 19.0. The Labute approximate surface area is 325 Å². The summed E-state index contributed by atoms with van der Waals surface area (Å²) in [5.74, 6) is 0.0403. The molecule has 4 atom stereocenters. The highest BCUT2D eigenvalue weighted by Gasteiger charge is 2.43. The highest BCUT2D eigenvalue weighted by atomic mass is 16.8. The quantitative estimate of drug-likeness (QED) is 0.0951. The van der Waals surface area contributed by atoms with Crippen molar-refractivity contribution in [3.8, 4) is 11.5 Å². The second kappa shape index (κ2) is 22.6. The fourth-order valence-electron chi connectivity index (χ4n) is 6.36. The van der Waals surface area contributed by atoms with Gasteiger partial charge in [-0.2, -0.15) is 0 Å². The van der Waals surface area contributed by atoms with Gasteiger partial charge in [0.25, 0.3) is 0 Å². The molecule has 3 N–H and O–H groups in total. The lowest BCUT2D eigenvalue weighted by molar-refractivity contribution is -0.136. The molecule has 312 valence electrons. The number of carbonyl (C=O) groups excluding carboxylic acids is 4. The highest BCUT2D eigenvalue weighted by Crippen LogP contribution is 2.36. The van der Waals surface area contributed by atoms with E-state index in [9.17, 15) is 19.2 Å². The third-order valence-electron chi connectivity index (χ3n) is 10.1. The van der Waals surface area contributed by atoms with Crippen LogP contribution in [0.4, 0.5) is 9.59 Å². The number of nitrogens with one attached hydrogen (secondary N) is 1. The maximum Gasteiger partial charge on any atom is 0.511 e. The number of benzene rings is 1. The Morgan fingerprint density at radius 3 is 2.33 bits per heavy atom. The van der Waals surface area contributed by atoms with Gasteiger partial charge < -0.3 is 53.7 Å². The number of primary amides is 1. The van der Waals surface area contributed by atoms with Crippen LogP contribution in [-0.4, -0.2) is 115 Å². The van der Waals surface area contributed by atoms with Crippen LogP contribution < -0.4 is 20.5 Å². The minimum Gasteiger partial charge on any atom is -0.493 e. The topological polar surface area (TPSA) is 193 Å². The van der Waals surface area contributed by atoms with Crippen LogP contribution in [0.15, 0.2) is 18.2 Å². The van der Waals surface area contributed by atoms with Gasteiger partial charge in [-0.25, -0.2) is 9.59 Å². The number of carbonyl (C=O) groups is 4. The summed E-state index contributed by atoms with van der Waals surface area (Å²) in [6.07, 6.45) is -0.0488. The molecule has 16 nitrogen and oxygen atoms in total. The Kier molecular flexibility index (Phi) is 18.7. The minimum absolute atomic E-state index is 0.0351. The number of methoxy groups -OCH3 is 2. The highest BCUT2D eigenvalue weighted by molar-refractivity contribution is 5.83. The van der Waals surface area contributed by atoms with Crippen molar-refractivity contribution in [3.05, 3.63) is 23.8 Å². The molecule has 2 saturated heterocycles. The van der Waals surface area contributed by atoms with E-state index in [2.05, 4.69) is 19.2 Å². The van der Waals surface area contributed by atoms with Crippen LogP contribution in [0, 0.1) is 35.0 Å². The van der Waals surface area contributed by atoms with E-state index in [0.717, 1.165) is 12.0 Å². The van der Waals surface area contributed by atoms with Gasteiger partial charge >= 0.3 is 12.2 Å². The lowest BCUT2D eigenvalue weighted by atomic mass is 9.80. The molecular weight excluding hydrogens is 718 g/mol. The Bertz CT molecular complexity index is 1370. The smallest absolute Gasteiger partial charge is 0.493 e. The molecule has 0 unspecified atom stereocenters. The molecule has 2 fully saturated rings. The van der Waals surface area contributed by atoms with Crippen molar-refractivity contribution >= 4 is 24.1 Å². The number of nitrogens with two attached hydrogens (primary N) is 1. The largest absolute Gasteiger partial charge is 0.511 e. The molecule has 1 aromatic rings. The zero-order valence-electron chi connectivity index (χ0n) is 33.8. The normalized spacial score (nSPS) is 18.8. The fraction of sp³-hybridized carbons (Fsp3) is 0.744. The summed E-state index contributed by atoms with van der Waals surface area (Å²) in [5.41, 5.74) is 5.64. The van der Waals surface area contributed by atoms with Crippen molar-refractivity contribution in [2.45, 2.75) is 79.4 Å². The van der Waals surface area contributed by atoms with E-state index in [1.807, 2.05) is 32.0 Å². The van der Waals surface area contributed by atoms with Crippen molar-refractivity contribution in [2.24, 2.45) is 40.7 Å². The lowest BCUT2D eigenvalue weighted by Crippen LogP contribution is -2.47. The van der Waals surface area contributed by atoms with Gasteiger partial charge in [-0.1, -0.05) is 33.8 Å². The van der Waals surface area contributed by atoms with Crippen LogP contribution >= 0.6 is 0 Å². The van der Waals surface area contributed by atoms with Crippen molar-refractivity contribution in [1.82, 2.24) is 10.2 Å². The predicted octanol–water partition coefficient (Wildman–Crippen LogP) is 4.50. The molecule has 2 heterocycles. The van der Waals surface area contributed by atoms with Crippen LogP contribution in [0.1, 0.15) is 66.4 Å². The monoisotopic (exact) mass is 781 g/mol. The Balaban J connectivity index is 1.78. The maximum absolute atomic E-state index is 13.6. The summed E-state index contributed by atoms with van der Waals surface area (Å²) in [6, 6.07) is 5.38. The van der Waals surface area contributed by atoms with Crippen LogP contribution in [0.3, 0.4) is 0 Å². The molecule has 0 aliphatic carbocycles. The fourth-order valence-corrected chi connectivity index (χ4v) is 6.36. The van der Waals surface area contributed by atoms with E-state index in [-0.39, 0.29) is 56.3 Å². The van der Waals surface area contributed by atoms with E-state index in [4.69, 9.17) is 48.4 Å². The van der Waals surface area contributed by atoms with Gasteiger partial charge in [-0.3, -0.25) is 14.5 Å². The molecular formula is C39H63N3O13. The zero-order chi connectivity index (χ0) is 40.5. The predicted molar refractivity (Wildman–Crippen MR) is 200 cm³/mol. The number of amides is 3. The Hall–Kier alpha value is -3.86. The number of hydrogen-bond acceptors (Lipinski definition) is 13. The van der Waals surface area contributed by atoms with Gasteiger partial charge in [-0.05, 0) is 68.6 Å². The number of nitrogens with zero attached hydrogens (tertiary/aromatic N) is 1. The Morgan fingerprint density at radius 2 is 1.69 bits per heavy atom. The SMILES string of the molecule is COCCCOc1cc(C[C@@H](C[C@H]2[C@H](C[C@H](C(=O)NCC(C)(C)C(N)=O)C(C)C)OCN2C(=O)OCOC(=O)OCC2COCOC2)C(C)C)ccc1OC. The first kappa shape index (κ1) is 45.5. The molecule has 3 rings (SSSR count). The van der Waals surface area contributed by atoms with Crippen molar-refractivity contribution in [2.75, 3.05) is 74.1 Å². The first-order valence-electron chi connectivity index (χ1n) is 19.0. The van der Waals surface area contributed by atoms with Gasteiger partial charge in [-0.15, -0.1) is 0 Å². The summed E-state index contributed by atoms with van der Waals surface area (Å²) < 4.78 is 48.9. The number of rotatable bonds is 22. The molecule has 2 aliphatic rings. The number of hydrogen-bond donors (Lipinski definition) is 2. The van der Waals surface area contributed by atoms with Gasteiger partial charge in [0.05, 0.1) is 44.5 Å². The second-order valence-electron chi connectivity index (χ2n) is 15.5. The van der Waals surface area contributed by atoms with E-state index < -0.39 is 48.4 Å². The van der Waals surface area contributed by atoms with Crippen LogP contribution in [-0.2, 0) is 49.2 Å². The first-order chi connectivity index (χ1) is 26.2.